The molecule has 1 saturated heterocycles. The molecule has 1 aliphatic rings. The quantitative estimate of drug-likeness (QED) is 0.425. The van der Waals surface area contributed by atoms with Gasteiger partial charge in [-0.15, -0.1) is 0 Å². The van der Waals surface area contributed by atoms with E-state index in [0.29, 0.717) is 6.54 Å². The van der Waals surface area contributed by atoms with Crippen molar-refractivity contribution in [3.8, 4) is 0 Å². The molecule has 3 aromatic rings. The SMILES string of the molecule is CCC/C(=C1\CCCN(Cc2c(Cl)cccc2C(F)(F)F)C1)c1ccc2[nH]ccc2c1. The lowest BCUT2D eigenvalue weighted by Gasteiger charge is -2.31. The van der Waals surface area contributed by atoms with Gasteiger partial charge in [-0.25, -0.2) is 0 Å². The van der Waals surface area contributed by atoms with Crippen LogP contribution in [0, 0.1) is 0 Å². The first kappa shape index (κ1) is 22.0. The Bertz CT molecular complexity index is 1100. The maximum absolute atomic E-state index is 13.5. The molecule has 2 aromatic carbocycles. The number of hydrogen-bond acceptors (Lipinski definition) is 1. The Balaban J connectivity index is 1.64. The van der Waals surface area contributed by atoms with Crippen molar-refractivity contribution in [2.45, 2.75) is 45.3 Å². The second kappa shape index (κ2) is 9.09. The molecule has 0 unspecified atom stereocenters. The van der Waals surface area contributed by atoms with Crippen LogP contribution in [0.2, 0.25) is 5.02 Å². The van der Waals surface area contributed by atoms with Crippen molar-refractivity contribution in [1.82, 2.24) is 9.88 Å². The predicted molar refractivity (Wildman–Crippen MR) is 121 cm³/mol. The fourth-order valence-corrected chi connectivity index (χ4v) is 4.78. The number of benzene rings is 2. The molecule has 0 saturated carbocycles. The van der Waals surface area contributed by atoms with Gasteiger partial charge >= 0.3 is 6.18 Å². The van der Waals surface area contributed by atoms with Gasteiger partial charge in [-0.1, -0.05) is 42.7 Å². The van der Waals surface area contributed by atoms with E-state index in [-0.39, 0.29) is 17.1 Å². The van der Waals surface area contributed by atoms with Gasteiger partial charge in [0.1, 0.15) is 0 Å². The largest absolute Gasteiger partial charge is 0.416 e. The van der Waals surface area contributed by atoms with Gasteiger partial charge in [0.15, 0.2) is 0 Å². The number of allylic oxidation sites excluding steroid dienone is 1. The Morgan fingerprint density at radius 1 is 1.16 bits per heavy atom. The summed E-state index contributed by atoms with van der Waals surface area (Å²) in [5.74, 6) is 0. The standard InChI is InChI=1S/C25H26ClF3N2/c1-2-5-20(17-9-10-24-18(14-17)11-12-30-24)19-6-4-13-31(15-19)16-21-22(25(27,28)29)7-3-8-23(21)26/h3,7-12,14,30H,2,4-6,13,15-16H2,1H3/b20-19-. The minimum atomic E-state index is -4.41. The Morgan fingerprint density at radius 3 is 2.77 bits per heavy atom. The lowest BCUT2D eigenvalue weighted by Crippen LogP contribution is -2.32. The van der Waals surface area contributed by atoms with E-state index in [1.807, 2.05) is 6.20 Å². The molecule has 0 atom stereocenters. The number of aromatic nitrogens is 1. The summed E-state index contributed by atoms with van der Waals surface area (Å²) in [6, 6.07) is 12.5. The summed E-state index contributed by atoms with van der Waals surface area (Å²) in [6.45, 7) is 3.80. The second-order valence-corrected chi connectivity index (χ2v) is 8.60. The van der Waals surface area contributed by atoms with Crippen LogP contribution in [0.15, 0.2) is 54.2 Å². The molecule has 1 fully saturated rings. The molecular weight excluding hydrogens is 421 g/mol. The van der Waals surface area contributed by atoms with Crippen LogP contribution in [0.3, 0.4) is 0 Å². The highest BCUT2D eigenvalue weighted by Gasteiger charge is 2.34. The fraction of sp³-hybridized carbons (Fsp3) is 0.360. The van der Waals surface area contributed by atoms with Gasteiger partial charge in [-0.3, -0.25) is 4.90 Å². The zero-order valence-electron chi connectivity index (χ0n) is 17.5. The summed E-state index contributed by atoms with van der Waals surface area (Å²) in [5, 5.41) is 1.35. The monoisotopic (exact) mass is 446 g/mol. The van der Waals surface area contributed by atoms with Crippen LogP contribution in [0.25, 0.3) is 16.5 Å². The van der Waals surface area contributed by atoms with E-state index in [4.69, 9.17) is 11.6 Å². The maximum Gasteiger partial charge on any atom is 0.416 e. The summed E-state index contributed by atoms with van der Waals surface area (Å²) in [6.07, 6.45) is 1.41. The lowest BCUT2D eigenvalue weighted by atomic mass is 9.90. The summed E-state index contributed by atoms with van der Waals surface area (Å²) in [4.78, 5) is 5.32. The third kappa shape index (κ3) is 4.83. The van der Waals surface area contributed by atoms with Crippen LogP contribution in [-0.2, 0) is 12.7 Å². The van der Waals surface area contributed by atoms with Crippen LogP contribution < -0.4 is 0 Å². The number of likely N-dealkylation sites (tertiary alicyclic amines) is 1. The summed E-state index contributed by atoms with van der Waals surface area (Å²) < 4.78 is 40.6. The minimum Gasteiger partial charge on any atom is -0.361 e. The molecule has 2 heterocycles. The molecule has 0 amide bonds. The van der Waals surface area contributed by atoms with Crippen LogP contribution >= 0.6 is 11.6 Å². The highest BCUT2D eigenvalue weighted by Crippen LogP contribution is 2.37. The van der Waals surface area contributed by atoms with Crippen molar-refractivity contribution in [2.24, 2.45) is 0 Å². The number of fused-ring (bicyclic) bond motifs is 1. The van der Waals surface area contributed by atoms with Crippen LogP contribution in [0.5, 0.6) is 0 Å². The molecule has 0 radical (unpaired) electrons. The van der Waals surface area contributed by atoms with Gasteiger partial charge in [0.2, 0.25) is 0 Å². The van der Waals surface area contributed by atoms with Gasteiger partial charge in [0.25, 0.3) is 0 Å². The van der Waals surface area contributed by atoms with Crippen LogP contribution in [-0.4, -0.2) is 23.0 Å². The van der Waals surface area contributed by atoms with E-state index >= 15 is 0 Å². The second-order valence-electron chi connectivity index (χ2n) is 8.19. The molecule has 31 heavy (non-hydrogen) atoms. The highest BCUT2D eigenvalue weighted by molar-refractivity contribution is 6.31. The molecule has 2 nitrogen and oxygen atoms in total. The van der Waals surface area contributed by atoms with Crippen molar-refractivity contribution >= 4 is 28.1 Å². The first-order valence-corrected chi connectivity index (χ1v) is 11.1. The average Bonchev–Trinajstić information content (AvgIpc) is 3.21. The number of nitrogens with zero attached hydrogens (tertiary/aromatic N) is 1. The number of hydrogen-bond donors (Lipinski definition) is 1. The Morgan fingerprint density at radius 2 is 2.00 bits per heavy atom. The Labute approximate surface area is 185 Å². The van der Waals surface area contributed by atoms with E-state index in [9.17, 15) is 13.2 Å². The molecule has 1 aromatic heterocycles. The smallest absolute Gasteiger partial charge is 0.361 e. The van der Waals surface area contributed by atoms with Crippen molar-refractivity contribution in [3.05, 3.63) is 75.9 Å². The van der Waals surface area contributed by atoms with E-state index < -0.39 is 11.7 Å². The molecule has 6 heteroatoms. The summed E-state index contributed by atoms with van der Waals surface area (Å²) in [7, 11) is 0. The third-order valence-corrected chi connectivity index (χ3v) is 6.36. The summed E-state index contributed by atoms with van der Waals surface area (Å²) in [5.41, 5.74) is 4.49. The fourth-order valence-electron chi connectivity index (χ4n) is 4.55. The van der Waals surface area contributed by atoms with E-state index in [1.54, 1.807) is 6.07 Å². The molecule has 0 aliphatic carbocycles. The van der Waals surface area contributed by atoms with Crippen LogP contribution in [0.4, 0.5) is 13.2 Å². The number of nitrogens with one attached hydrogen (secondary N) is 1. The number of alkyl halides is 3. The molecule has 0 spiro atoms. The van der Waals surface area contributed by atoms with Crippen molar-refractivity contribution in [1.29, 1.82) is 0 Å². The highest BCUT2D eigenvalue weighted by atomic mass is 35.5. The topological polar surface area (TPSA) is 19.0 Å². The normalized spacial score (nSPS) is 17.3. The van der Waals surface area contributed by atoms with Crippen molar-refractivity contribution < 1.29 is 13.2 Å². The molecule has 1 N–H and O–H groups in total. The number of aromatic amines is 1. The number of halogens is 4. The third-order valence-electron chi connectivity index (χ3n) is 6.00. The molecule has 0 bridgehead atoms. The van der Waals surface area contributed by atoms with Gasteiger partial charge < -0.3 is 4.98 Å². The first-order valence-electron chi connectivity index (χ1n) is 10.7. The van der Waals surface area contributed by atoms with E-state index in [0.717, 1.165) is 43.8 Å². The van der Waals surface area contributed by atoms with E-state index in [1.165, 1.54) is 28.2 Å². The van der Waals surface area contributed by atoms with Crippen molar-refractivity contribution in [3.63, 3.8) is 0 Å². The zero-order valence-corrected chi connectivity index (χ0v) is 18.3. The minimum absolute atomic E-state index is 0.170. The molecule has 1 aliphatic heterocycles. The first-order chi connectivity index (χ1) is 14.9. The van der Waals surface area contributed by atoms with Gasteiger partial charge in [-0.05, 0) is 78.2 Å². The average molecular weight is 447 g/mol. The molecular formula is C25H26ClF3N2. The Hall–Kier alpha value is -2.24. The van der Waals surface area contributed by atoms with Gasteiger partial charge in [0.05, 0.1) is 5.56 Å². The number of piperidine rings is 1. The van der Waals surface area contributed by atoms with Gasteiger partial charge in [-0.2, -0.15) is 13.2 Å². The van der Waals surface area contributed by atoms with Crippen molar-refractivity contribution in [2.75, 3.05) is 13.1 Å². The molecule has 164 valence electrons. The number of H-pyrrole nitrogens is 1. The zero-order chi connectivity index (χ0) is 22.0. The maximum atomic E-state index is 13.5. The van der Waals surface area contributed by atoms with E-state index in [2.05, 4.69) is 41.1 Å². The number of rotatable bonds is 5. The Kier molecular flexibility index (Phi) is 6.44. The van der Waals surface area contributed by atoms with Crippen LogP contribution in [0.1, 0.15) is 49.3 Å². The lowest BCUT2D eigenvalue weighted by molar-refractivity contribution is -0.138. The predicted octanol–water partition coefficient (Wildman–Crippen LogP) is 7.69. The molecule has 4 rings (SSSR count). The van der Waals surface area contributed by atoms with Gasteiger partial charge in [0, 0.05) is 29.8 Å². The summed E-state index contributed by atoms with van der Waals surface area (Å²) >= 11 is 6.20.